The number of amides is 1. The van der Waals surface area contributed by atoms with Crippen LogP contribution in [0.15, 0.2) is 47.5 Å². The second-order valence-corrected chi connectivity index (χ2v) is 4.80. The molecular weight excluding hydrogens is 280 g/mol. The minimum Gasteiger partial charge on any atom is -0.504 e. The molecule has 0 aromatic heterocycles. The molecule has 0 fully saturated rings. The molecule has 0 atom stereocenters. The summed E-state index contributed by atoms with van der Waals surface area (Å²) in [6.07, 6.45) is 2.39. The van der Waals surface area contributed by atoms with E-state index in [2.05, 4.69) is 16.2 Å². The first kappa shape index (κ1) is 13.9. The number of benzene rings is 2. The SMILES string of the molecule is COc1cc2c(cc1O)N=C=CCc1ccccc1NC2=O. The molecule has 1 aliphatic heterocycles. The van der Waals surface area contributed by atoms with E-state index >= 15 is 0 Å². The number of nitrogens with zero attached hydrogens (tertiary/aromatic N) is 1. The normalized spacial score (nSPS) is 13.0. The maximum atomic E-state index is 12.5. The molecular formula is C17H14N2O3. The molecule has 0 spiro atoms. The van der Waals surface area contributed by atoms with Crippen molar-refractivity contribution in [1.82, 2.24) is 0 Å². The van der Waals surface area contributed by atoms with Crippen molar-refractivity contribution in [2.24, 2.45) is 4.99 Å². The highest BCUT2D eigenvalue weighted by atomic mass is 16.5. The minimum atomic E-state index is -0.312. The van der Waals surface area contributed by atoms with E-state index < -0.39 is 0 Å². The Bertz CT molecular complexity index is 806. The van der Waals surface area contributed by atoms with E-state index in [9.17, 15) is 9.90 Å². The number of nitrogens with one attached hydrogen (secondary N) is 1. The molecule has 0 radical (unpaired) electrons. The van der Waals surface area contributed by atoms with Crippen LogP contribution in [0.2, 0.25) is 0 Å². The summed E-state index contributed by atoms with van der Waals surface area (Å²) in [5.41, 5.74) is 2.37. The number of phenols is 1. The molecule has 5 heteroatoms. The molecule has 1 amide bonds. The molecule has 1 heterocycles. The van der Waals surface area contributed by atoms with Crippen molar-refractivity contribution in [3.63, 3.8) is 0 Å². The maximum absolute atomic E-state index is 12.5. The molecule has 0 unspecified atom stereocenters. The van der Waals surface area contributed by atoms with Crippen molar-refractivity contribution in [1.29, 1.82) is 0 Å². The van der Waals surface area contributed by atoms with Gasteiger partial charge in [0.1, 0.15) is 0 Å². The number of para-hydroxylation sites is 1. The summed E-state index contributed by atoms with van der Waals surface area (Å²) in [7, 11) is 1.43. The average Bonchev–Trinajstić information content (AvgIpc) is 2.52. The lowest BCUT2D eigenvalue weighted by atomic mass is 10.1. The van der Waals surface area contributed by atoms with E-state index in [-0.39, 0.29) is 17.4 Å². The van der Waals surface area contributed by atoms with Crippen LogP contribution in [-0.2, 0) is 6.42 Å². The molecule has 2 aromatic rings. The first-order valence-corrected chi connectivity index (χ1v) is 6.77. The summed E-state index contributed by atoms with van der Waals surface area (Å²) in [4.78, 5) is 16.6. The summed E-state index contributed by atoms with van der Waals surface area (Å²) in [5.74, 6) is 2.64. The number of carbonyl (C=O) groups is 1. The second-order valence-electron chi connectivity index (χ2n) is 4.80. The van der Waals surface area contributed by atoms with E-state index in [0.29, 0.717) is 17.7 Å². The summed E-state index contributed by atoms with van der Waals surface area (Å²) < 4.78 is 5.06. The van der Waals surface area contributed by atoms with Crippen molar-refractivity contribution in [2.75, 3.05) is 12.4 Å². The lowest BCUT2D eigenvalue weighted by Crippen LogP contribution is -2.14. The van der Waals surface area contributed by atoms with Gasteiger partial charge in [-0.05, 0) is 29.6 Å². The van der Waals surface area contributed by atoms with Gasteiger partial charge in [0.2, 0.25) is 0 Å². The predicted molar refractivity (Wildman–Crippen MR) is 84.4 cm³/mol. The number of carbonyl (C=O) groups excluding carboxylic acids is 1. The number of allylic oxidation sites excluding steroid dienone is 1. The van der Waals surface area contributed by atoms with Crippen LogP contribution < -0.4 is 10.1 Å². The van der Waals surface area contributed by atoms with Crippen molar-refractivity contribution in [2.45, 2.75) is 6.42 Å². The van der Waals surface area contributed by atoms with E-state index in [1.807, 2.05) is 24.3 Å². The highest BCUT2D eigenvalue weighted by Crippen LogP contribution is 2.34. The molecule has 110 valence electrons. The van der Waals surface area contributed by atoms with E-state index in [1.165, 1.54) is 19.2 Å². The van der Waals surface area contributed by atoms with Gasteiger partial charge in [-0.2, -0.15) is 0 Å². The second kappa shape index (κ2) is 5.76. The number of ether oxygens (including phenoxy) is 1. The number of aromatic hydroxyl groups is 1. The van der Waals surface area contributed by atoms with Crippen molar-refractivity contribution in [3.8, 4) is 11.5 Å². The Morgan fingerprint density at radius 3 is 2.95 bits per heavy atom. The fourth-order valence-corrected chi connectivity index (χ4v) is 2.28. The first-order valence-electron chi connectivity index (χ1n) is 6.77. The van der Waals surface area contributed by atoms with Gasteiger partial charge in [0.15, 0.2) is 11.5 Å². The third kappa shape index (κ3) is 2.57. The van der Waals surface area contributed by atoms with E-state index in [1.54, 1.807) is 6.08 Å². The molecule has 5 nitrogen and oxygen atoms in total. The van der Waals surface area contributed by atoms with Crippen LogP contribution in [0.1, 0.15) is 15.9 Å². The van der Waals surface area contributed by atoms with Crippen molar-refractivity contribution >= 4 is 23.2 Å². The number of hydrogen-bond donors (Lipinski definition) is 2. The number of methoxy groups -OCH3 is 1. The topological polar surface area (TPSA) is 70.9 Å². The number of hydrogen-bond acceptors (Lipinski definition) is 4. The molecule has 1 aliphatic rings. The Hall–Kier alpha value is -3.04. The van der Waals surface area contributed by atoms with Gasteiger partial charge >= 0.3 is 0 Å². The zero-order valence-corrected chi connectivity index (χ0v) is 12.0. The number of rotatable bonds is 1. The highest BCUT2D eigenvalue weighted by molar-refractivity contribution is 6.08. The molecule has 0 saturated heterocycles. The average molecular weight is 294 g/mol. The quantitative estimate of drug-likeness (QED) is 0.849. The first-order chi connectivity index (χ1) is 10.7. The Kier molecular flexibility index (Phi) is 3.64. The molecule has 2 N–H and O–H groups in total. The lowest BCUT2D eigenvalue weighted by molar-refractivity contribution is 0.102. The van der Waals surface area contributed by atoms with E-state index in [0.717, 1.165) is 11.3 Å². The molecule has 0 bridgehead atoms. The molecule has 2 aromatic carbocycles. The van der Waals surface area contributed by atoms with Crippen molar-refractivity contribution in [3.05, 3.63) is 53.6 Å². The summed E-state index contributed by atoms with van der Waals surface area (Å²) in [6, 6.07) is 10.4. The zero-order chi connectivity index (χ0) is 15.5. The van der Waals surface area contributed by atoms with Crippen LogP contribution in [0.25, 0.3) is 0 Å². The standard InChI is InChI=1S/C17H14N2O3/c1-22-16-9-12-14(10-15(16)20)18-8-4-6-11-5-2-3-7-13(11)19-17(12)21/h2-5,7,9-10,20H,6H2,1H3,(H,19,21). The van der Waals surface area contributed by atoms with Gasteiger partial charge in [0.05, 0.1) is 18.4 Å². The van der Waals surface area contributed by atoms with Gasteiger partial charge < -0.3 is 15.2 Å². The van der Waals surface area contributed by atoms with Crippen LogP contribution in [0, 0.1) is 0 Å². The number of fused-ring (bicyclic) bond motifs is 2. The van der Waals surface area contributed by atoms with Gasteiger partial charge in [-0.25, -0.2) is 4.99 Å². The van der Waals surface area contributed by atoms with Gasteiger partial charge in [-0.15, -0.1) is 0 Å². The Balaban J connectivity index is 2.16. The van der Waals surface area contributed by atoms with Gasteiger partial charge in [0.25, 0.3) is 5.91 Å². The fourth-order valence-electron chi connectivity index (χ4n) is 2.28. The van der Waals surface area contributed by atoms with Gasteiger partial charge in [-0.3, -0.25) is 4.79 Å². The fraction of sp³-hybridized carbons (Fsp3) is 0.118. The Morgan fingerprint density at radius 1 is 1.32 bits per heavy atom. The van der Waals surface area contributed by atoms with Crippen LogP contribution in [-0.4, -0.2) is 24.0 Å². The van der Waals surface area contributed by atoms with Crippen LogP contribution >= 0.6 is 0 Å². The maximum Gasteiger partial charge on any atom is 0.258 e. The van der Waals surface area contributed by atoms with Crippen LogP contribution in [0.3, 0.4) is 0 Å². The summed E-state index contributed by atoms with van der Waals surface area (Å²) in [5, 5.41) is 12.7. The molecule has 0 aliphatic carbocycles. The predicted octanol–water partition coefficient (Wildman–Crippen LogP) is 3.07. The minimum absolute atomic E-state index is 0.0722. The number of phenolic OH excluding ortho intramolecular Hbond substituents is 1. The van der Waals surface area contributed by atoms with E-state index in [4.69, 9.17) is 4.74 Å². The summed E-state index contributed by atoms with van der Waals surface area (Å²) >= 11 is 0. The Morgan fingerprint density at radius 2 is 2.14 bits per heavy atom. The van der Waals surface area contributed by atoms with Gasteiger partial charge in [-0.1, -0.05) is 18.2 Å². The molecule has 3 rings (SSSR count). The van der Waals surface area contributed by atoms with Crippen LogP contribution in [0.4, 0.5) is 11.4 Å². The monoisotopic (exact) mass is 294 g/mol. The van der Waals surface area contributed by atoms with Crippen LogP contribution in [0.5, 0.6) is 11.5 Å². The summed E-state index contributed by atoms with van der Waals surface area (Å²) in [6.45, 7) is 0. The third-order valence-electron chi connectivity index (χ3n) is 3.41. The number of anilines is 1. The zero-order valence-electron chi connectivity index (χ0n) is 12.0. The molecule has 22 heavy (non-hydrogen) atoms. The Labute approximate surface area is 127 Å². The van der Waals surface area contributed by atoms with Gasteiger partial charge in [0, 0.05) is 18.2 Å². The molecule has 0 saturated carbocycles. The smallest absolute Gasteiger partial charge is 0.258 e. The number of aliphatic imine (C=N–C) groups is 1. The lowest BCUT2D eigenvalue weighted by Gasteiger charge is -2.13. The van der Waals surface area contributed by atoms with Crippen molar-refractivity contribution < 1.29 is 14.6 Å². The largest absolute Gasteiger partial charge is 0.504 e. The third-order valence-corrected chi connectivity index (χ3v) is 3.41. The highest BCUT2D eigenvalue weighted by Gasteiger charge is 2.17.